The molecule has 0 spiro atoms. The molecule has 0 N–H and O–H groups in total. The zero-order valence-corrected chi connectivity index (χ0v) is 9.99. The monoisotopic (exact) mass is 230 g/mol. The Morgan fingerprint density at radius 2 is 2.00 bits per heavy atom. The maximum Gasteiger partial charge on any atom is 0.0410 e. The van der Waals surface area contributed by atoms with E-state index in [1.807, 2.05) is 23.1 Å². The number of benzene rings is 1. The maximum atomic E-state index is 2.22. The van der Waals surface area contributed by atoms with Crippen molar-refractivity contribution < 1.29 is 0 Å². The third kappa shape index (κ3) is 1.54. The second-order valence-electron chi connectivity index (χ2n) is 3.58. The van der Waals surface area contributed by atoms with E-state index in [1.54, 1.807) is 0 Å². The summed E-state index contributed by atoms with van der Waals surface area (Å²) in [5.74, 6) is 0. The molecule has 0 nitrogen and oxygen atoms in total. The molecular formula is C13H10S2. The highest BCUT2D eigenvalue weighted by molar-refractivity contribution is 7.99. The third-order valence-electron chi connectivity index (χ3n) is 2.53. The summed E-state index contributed by atoms with van der Waals surface area (Å²) in [6, 6.07) is 8.69. The molecule has 0 bridgehead atoms. The smallest absolute Gasteiger partial charge is 0.0410 e. The first-order chi connectivity index (χ1) is 7.34. The third-order valence-corrected chi connectivity index (χ3v) is 4.87. The van der Waals surface area contributed by atoms with E-state index in [1.165, 1.54) is 25.8 Å². The van der Waals surface area contributed by atoms with Crippen LogP contribution in [0.15, 0.2) is 39.4 Å². The summed E-state index contributed by atoms with van der Waals surface area (Å²) >= 11 is 3.69. The molecule has 0 unspecified atom stereocenters. The molecule has 0 saturated carbocycles. The van der Waals surface area contributed by atoms with Crippen molar-refractivity contribution in [3.63, 3.8) is 0 Å². The van der Waals surface area contributed by atoms with Crippen molar-refractivity contribution in [2.24, 2.45) is 0 Å². The molecule has 2 aromatic rings. The first kappa shape index (κ1) is 9.25. The van der Waals surface area contributed by atoms with E-state index >= 15 is 0 Å². The zero-order chi connectivity index (χ0) is 10.3. The minimum Gasteiger partial charge on any atom is -0.143 e. The average Bonchev–Trinajstić information content (AvgIpc) is 2.60. The fourth-order valence-corrected chi connectivity index (χ4v) is 3.78. The second kappa shape index (κ2) is 3.54. The van der Waals surface area contributed by atoms with E-state index in [9.17, 15) is 0 Å². The van der Waals surface area contributed by atoms with Gasteiger partial charge < -0.3 is 0 Å². The van der Waals surface area contributed by atoms with E-state index in [2.05, 4.69) is 48.7 Å². The van der Waals surface area contributed by atoms with Gasteiger partial charge in [-0.15, -0.1) is 11.3 Å². The molecule has 0 atom stereocenters. The van der Waals surface area contributed by atoms with Crippen LogP contribution < -0.4 is 0 Å². The van der Waals surface area contributed by atoms with Crippen LogP contribution in [0.3, 0.4) is 0 Å². The van der Waals surface area contributed by atoms with Crippen molar-refractivity contribution in [1.82, 2.24) is 0 Å². The first-order valence-electron chi connectivity index (χ1n) is 4.87. The highest BCUT2D eigenvalue weighted by atomic mass is 32.2. The first-order valence-corrected chi connectivity index (χ1v) is 6.57. The number of fused-ring (bicyclic) bond motifs is 2. The molecule has 2 heterocycles. The van der Waals surface area contributed by atoms with Crippen LogP contribution in [0.5, 0.6) is 0 Å². The van der Waals surface area contributed by atoms with Crippen LogP contribution >= 0.6 is 23.1 Å². The van der Waals surface area contributed by atoms with Crippen LogP contribution in [0, 0.1) is 6.92 Å². The summed E-state index contributed by atoms with van der Waals surface area (Å²) in [4.78, 5) is 4.14. The lowest BCUT2D eigenvalue weighted by Crippen LogP contribution is -1.82. The molecule has 74 valence electrons. The fourth-order valence-electron chi connectivity index (χ4n) is 1.74. The average molecular weight is 230 g/mol. The van der Waals surface area contributed by atoms with Gasteiger partial charge in [-0.1, -0.05) is 36.0 Å². The second-order valence-corrected chi connectivity index (χ2v) is 5.58. The van der Waals surface area contributed by atoms with E-state index < -0.39 is 0 Å². The van der Waals surface area contributed by atoms with Gasteiger partial charge in [0.2, 0.25) is 0 Å². The minimum absolute atomic E-state index is 1.34. The lowest BCUT2D eigenvalue weighted by Gasteiger charge is -2.06. The van der Waals surface area contributed by atoms with Crippen molar-refractivity contribution in [3.05, 3.63) is 45.6 Å². The molecule has 1 aromatic carbocycles. The summed E-state index contributed by atoms with van der Waals surface area (Å²) in [7, 11) is 0. The molecule has 0 fully saturated rings. The Balaban J connectivity index is 2.22. The summed E-state index contributed by atoms with van der Waals surface area (Å²) < 4.78 is 0. The Labute approximate surface area is 97.7 Å². The molecule has 1 aliphatic heterocycles. The summed E-state index contributed by atoms with van der Waals surface area (Å²) in [6.07, 6.45) is 4.44. The summed E-state index contributed by atoms with van der Waals surface area (Å²) in [5, 5.41) is 2.16. The molecule has 1 aliphatic rings. The van der Waals surface area contributed by atoms with Gasteiger partial charge in [0.1, 0.15) is 0 Å². The molecule has 1 aromatic heterocycles. The molecular weight excluding hydrogens is 220 g/mol. The van der Waals surface area contributed by atoms with Crippen LogP contribution in [0.2, 0.25) is 0 Å². The van der Waals surface area contributed by atoms with Gasteiger partial charge in [0.05, 0.1) is 0 Å². The van der Waals surface area contributed by atoms with Crippen LogP contribution in [-0.2, 0) is 0 Å². The Kier molecular flexibility index (Phi) is 2.19. The number of hydrogen-bond acceptors (Lipinski definition) is 2. The molecule has 0 radical (unpaired) electrons. The van der Waals surface area contributed by atoms with Gasteiger partial charge in [0.25, 0.3) is 0 Å². The maximum absolute atomic E-state index is 2.22. The highest BCUT2D eigenvalue weighted by Gasteiger charge is 2.12. The predicted molar refractivity (Wildman–Crippen MR) is 68.5 cm³/mol. The number of hydrogen-bond donors (Lipinski definition) is 0. The standard InChI is InChI=1S/C13H10S2/c1-9-3-2-4-10-5-6-11-12(7-8-14-11)15-13(9)10/h2-8H,1H3. The normalized spacial score (nSPS) is 13.1. The van der Waals surface area contributed by atoms with E-state index in [4.69, 9.17) is 0 Å². The lowest BCUT2D eigenvalue weighted by molar-refractivity contribution is 1.28. The Morgan fingerprint density at radius 1 is 1.07 bits per heavy atom. The van der Waals surface area contributed by atoms with Gasteiger partial charge in [-0.05, 0) is 35.6 Å². The molecule has 0 amide bonds. The molecule has 3 rings (SSSR count). The van der Waals surface area contributed by atoms with Gasteiger partial charge in [0, 0.05) is 14.7 Å². The van der Waals surface area contributed by atoms with E-state index in [0.29, 0.717) is 0 Å². The Bertz CT molecular complexity index is 535. The van der Waals surface area contributed by atoms with Gasteiger partial charge in [-0.3, -0.25) is 0 Å². The van der Waals surface area contributed by atoms with E-state index in [0.717, 1.165) is 0 Å². The number of thiophene rings is 1. The van der Waals surface area contributed by atoms with Crippen molar-refractivity contribution >= 4 is 35.3 Å². The van der Waals surface area contributed by atoms with Crippen molar-refractivity contribution in [3.8, 4) is 0 Å². The van der Waals surface area contributed by atoms with Crippen molar-refractivity contribution in [1.29, 1.82) is 0 Å². The summed E-state index contributed by atoms with van der Waals surface area (Å²) in [6.45, 7) is 2.18. The zero-order valence-electron chi connectivity index (χ0n) is 8.36. The lowest BCUT2D eigenvalue weighted by atomic mass is 10.1. The SMILES string of the molecule is Cc1cccc2c1Sc1ccsc1C=C2. The predicted octanol–water partition coefficient (Wildman–Crippen LogP) is 4.69. The number of rotatable bonds is 0. The molecule has 0 aliphatic carbocycles. The summed E-state index contributed by atoms with van der Waals surface area (Å²) in [5.41, 5.74) is 2.70. The molecule has 15 heavy (non-hydrogen) atoms. The highest BCUT2D eigenvalue weighted by Crippen LogP contribution is 2.40. The largest absolute Gasteiger partial charge is 0.143 e. The minimum atomic E-state index is 1.34. The Morgan fingerprint density at radius 3 is 2.93 bits per heavy atom. The van der Waals surface area contributed by atoms with Gasteiger partial charge in [-0.2, -0.15) is 0 Å². The fraction of sp³-hybridized carbons (Fsp3) is 0.0769. The van der Waals surface area contributed by atoms with Crippen molar-refractivity contribution in [2.75, 3.05) is 0 Å². The topological polar surface area (TPSA) is 0 Å². The van der Waals surface area contributed by atoms with Crippen LogP contribution in [-0.4, -0.2) is 0 Å². The molecule has 2 heteroatoms. The van der Waals surface area contributed by atoms with E-state index in [-0.39, 0.29) is 0 Å². The number of aryl methyl sites for hydroxylation is 1. The van der Waals surface area contributed by atoms with Gasteiger partial charge >= 0.3 is 0 Å². The van der Waals surface area contributed by atoms with Crippen LogP contribution in [0.4, 0.5) is 0 Å². The van der Waals surface area contributed by atoms with Crippen molar-refractivity contribution in [2.45, 2.75) is 16.7 Å². The van der Waals surface area contributed by atoms with Crippen LogP contribution in [0.1, 0.15) is 16.0 Å². The Hall–Kier alpha value is -0.990. The van der Waals surface area contributed by atoms with Crippen LogP contribution in [0.25, 0.3) is 12.2 Å². The molecule has 0 saturated heterocycles. The van der Waals surface area contributed by atoms with Gasteiger partial charge in [-0.25, -0.2) is 0 Å². The quantitative estimate of drug-likeness (QED) is 0.540. The van der Waals surface area contributed by atoms with Gasteiger partial charge in [0.15, 0.2) is 0 Å².